The first-order valence-electron chi connectivity index (χ1n) is 9.21. The Bertz CT molecular complexity index is 969. The van der Waals surface area contributed by atoms with Gasteiger partial charge < -0.3 is 10.2 Å². The van der Waals surface area contributed by atoms with E-state index in [4.69, 9.17) is 0 Å². The number of para-hydroxylation sites is 2. The molecule has 27 heavy (non-hydrogen) atoms. The molecular formula is C21H22N4O2. The average molecular weight is 362 g/mol. The zero-order chi connectivity index (χ0) is 18.8. The van der Waals surface area contributed by atoms with Crippen LogP contribution in [0.2, 0.25) is 0 Å². The number of carbonyl (C=O) groups is 2. The molecule has 4 rings (SSSR count). The lowest BCUT2D eigenvalue weighted by molar-refractivity contribution is -0.132. The van der Waals surface area contributed by atoms with Crippen LogP contribution in [-0.4, -0.2) is 39.4 Å². The minimum absolute atomic E-state index is 0.0269. The molecule has 1 fully saturated rings. The number of likely N-dealkylation sites (tertiary alicyclic amines) is 1. The molecule has 1 aliphatic heterocycles. The van der Waals surface area contributed by atoms with Crippen LogP contribution >= 0.6 is 0 Å². The van der Waals surface area contributed by atoms with E-state index < -0.39 is 0 Å². The van der Waals surface area contributed by atoms with E-state index in [0.717, 1.165) is 22.4 Å². The molecule has 3 aromatic rings. The van der Waals surface area contributed by atoms with Crippen molar-refractivity contribution in [1.29, 1.82) is 0 Å². The minimum atomic E-state index is -0.0436. The Morgan fingerprint density at radius 2 is 1.74 bits per heavy atom. The highest BCUT2D eigenvalue weighted by atomic mass is 16.2. The normalized spacial score (nSPS) is 15.1. The topological polar surface area (TPSA) is 67.2 Å². The van der Waals surface area contributed by atoms with Crippen LogP contribution in [0.1, 0.15) is 19.8 Å². The second kappa shape index (κ2) is 7.23. The van der Waals surface area contributed by atoms with E-state index in [2.05, 4.69) is 10.3 Å². The number of amides is 2. The third-order valence-electron chi connectivity index (χ3n) is 5.18. The number of aromatic nitrogens is 2. The van der Waals surface area contributed by atoms with E-state index >= 15 is 0 Å². The summed E-state index contributed by atoms with van der Waals surface area (Å²) in [6.07, 6.45) is 3.23. The molecule has 2 aromatic carbocycles. The Morgan fingerprint density at radius 3 is 2.44 bits per heavy atom. The molecule has 0 radical (unpaired) electrons. The molecule has 0 saturated carbocycles. The van der Waals surface area contributed by atoms with Gasteiger partial charge in [-0.15, -0.1) is 0 Å². The minimum Gasteiger partial charge on any atom is -0.343 e. The van der Waals surface area contributed by atoms with Crippen molar-refractivity contribution in [1.82, 2.24) is 14.5 Å². The van der Waals surface area contributed by atoms with Gasteiger partial charge in [0.25, 0.3) is 0 Å². The Kier molecular flexibility index (Phi) is 4.62. The number of imidazole rings is 1. The lowest BCUT2D eigenvalue weighted by Crippen LogP contribution is -2.40. The van der Waals surface area contributed by atoms with E-state index in [1.165, 1.54) is 0 Å². The summed E-state index contributed by atoms with van der Waals surface area (Å²) in [4.78, 5) is 30.1. The number of nitrogens with one attached hydrogen (secondary N) is 1. The molecular weight excluding hydrogens is 340 g/mol. The van der Waals surface area contributed by atoms with Crippen molar-refractivity contribution in [2.24, 2.45) is 5.92 Å². The SMILES string of the molecule is CC(=O)N1CCC(C(=O)Nc2ccc(-n3cnc4ccccc43)cc2)CC1. The van der Waals surface area contributed by atoms with Crippen LogP contribution in [0, 0.1) is 5.92 Å². The van der Waals surface area contributed by atoms with Crippen LogP contribution < -0.4 is 5.32 Å². The summed E-state index contributed by atoms with van der Waals surface area (Å²) in [5, 5.41) is 3.00. The first kappa shape index (κ1) is 17.3. The monoisotopic (exact) mass is 362 g/mol. The average Bonchev–Trinajstić information content (AvgIpc) is 3.13. The van der Waals surface area contributed by atoms with Gasteiger partial charge in [-0.3, -0.25) is 14.2 Å². The lowest BCUT2D eigenvalue weighted by Gasteiger charge is -2.30. The van der Waals surface area contributed by atoms with Gasteiger partial charge in [-0.05, 0) is 49.2 Å². The smallest absolute Gasteiger partial charge is 0.227 e. The van der Waals surface area contributed by atoms with Gasteiger partial charge in [-0.25, -0.2) is 4.98 Å². The van der Waals surface area contributed by atoms with Gasteiger partial charge >= 0.3 is 0 Å². The van der Waals surface area contributed by atoms with Crippen LogP contribution in [0.5, 0.6) is 0 Å². The Balaban J connectivity index is 1.42. The first-order chi connectivity index (χ1) is 13.1. The second-order valence-electron chi connectivity index (χ2n) is 6.92. The Labute approximate surface area is 157 Å². The third-order valence-corrected chi connectivity index (χ3v) is 5.18. The summed E-state index contributed by atoms with van der Waals surface area (Å²) in [5.41, 5.74) is 3.77. The van der Waals surface area contributed by atoms with Crippen molar-refractivity contribution in [2.75, 3.05) is 18.4 Å². The molecule has 1 saturated heterocycles. The van der Waals surface area contributed by atoms with Gasteiger partial charge in [-0.1, -0.05) is 12.1 Å². The molecule has 138 valence electrons. The van der Waals surface area contributed by atoms with E-state index in [0.29, 0.717) is 25.9 Å². The molecule has 0 spiro atoms. The molecule has 1 N–H and O–H groups in total. The highest BCUT2D eigenvalue weighted by Crippen LogP contribution is 2.22. The standard InChI is InChI=1S/C21H22N4O2/c1-15(26)24-12-10-16(11-13-24)21(27)23-17-6-8-18(9-7-17)25-14-22-19-4-2-3-5-20(19)25/h2-9,14,16H,10-13H2,1H3,(H,23,27). The highest BCUT2D eigenvalue weighted by Gasteiger charge is 2.26. The maximum Gasteiger partial charge on any atom is 0.227 e. The largest absolute Gasteiger partial charge is 0.343 e. The summed E-state index contributed by atoms with van der Waals surface area (Å²) in [6, 6.07) is 15.7. The molecule has 1 aliphatic rings. The molecule has 0 unspecified atom stereocenters. The molecule has 0 atom stereocenters. The van der Waals surface area contributed by atoms with Gasteiger partial charge in [-0.2, -0.15) is 0 Å². The van der Waals surface area contributed by atoms with Crippen molar-refractivity contribution in [3.8, 4) is 5.69 Å². The molecule has 2 heterocycles. The predicted molar refractivity (Wildman–Crippen MR) is 105 cm³/mol. The zero-order valence-electron chi connectivity index (χ0n) is 15.3. The Morgan fingerprint density at radius 1 is 1.04 bits per heavy atom. The van der Waals surface area contributed by atoms with E-state index in [-0.39, 0.29) is 17.7 Å². The number of fused-ring (bicyclic) bond motifs is 1. The van der Waals surface area contributed by atoms with Gasteiger partial charge in [0.05, 0.1) is 11.0 Å². The number of benzene rings is 2. The van der Waals surface area contributed by atoms with Crippen molar-refractivity contribution in [3.05, 3.63) is 54.9 Å². The lowest BCUT2D eigenvalue weighted by atomic mass is 9.96. The fourth-order valence-corrected chi connectivity index (χ4v) is 3.57. The van der Waals surface area contributed by atoms with Gasteiger partial charge in [0.1, 0.15) is 6.33 Å². The fraction of sp³-hybridized carbons (Fsp3) is 0.286. The number of anilines is 1. The zero-order valence-corrected chi connectivity index (χ0v) is 15.3. The number of carbonyl (C=O) groups excluding carboxylic acids is 2. The van der Waals surface area contributed by atoms with Crippen molar-refractivity contribution >= 4 is 28.5 Å². The number of nitrogens with zero attached hydrogens (tertiary/aromatic N) is 3. The fourth-order valence-electron chi connectivity index (χ4n) is 3.57. The summed E-state index contributed by atoms with van der Waals surface area (Å²) in [5.74, 6) is 0.0633. The quantitative estimate of drug-likeness (QED) is 0.778. The van der Waals surface area contributed by atoms with Crippen LogP contribution in [0.25, 0.3) is 16.7 Å². The van der Waals surface area contributed by atoms with Crippen LogP contribution in [-0.2, 0) is 9.59 Å². The highest BCUT2D eigenvalue weighted by molar-refractivity contribution is 5.93. The van der Waals surface area contributed by atoms with E-state index in [1.807, 2.05) is 53.1 Å². The van der Waals surface area contributed by atoms with Gasteiger partial charge in [0, 0.05) is 37.3 Å². The summed E-state index contributed by atoms with van der Waals surface area (Å²) < 4.78 is 2.03. The number of rotatable bonds is 3. The predicted octanol–water partition coefficient (Wildman–Crippen LogP) is 3.22. The van der Waals surface area contributed by atoms with Crippen molar-refractivity contribution in [2.45, 2.75) is 19.8 Å². The van der Waals surface area contributed by atoms with Gasteiger partial charge in [0.2, 0.25) is 11.8 Å². The summed E-state index contributed by atoms with van der Waals surface area (Å²) >= 11 is 0. The van der Waals surface area contributed by atoms with Crippen molar-refractivity contribution < 1.29 is 9.59 Å². The second-order valence-corrected chi connectivity index (χ2v) is 6.92. The molecule has 6 heteroatoms. The maximum absolute atomic E-state index is 12.5. The number of piperidine rings is 1. The van der Waals surface area contributed by atoms with Crippen LogP contribution in [0.15, 0.2) is 54.9 Å². The maximum atomic E-state index is 12.5. The Hall–Kier alpha value is -3.15. The van der Waals surface area contributed by atoms with Gasteiger partial charge in [0.15, 0.2) is 0 Å². The molecule has 0 aliphatic carbocycles. The van der Waals surface area contributed by atoms with E-state index in [1.54, 1.807) is 18.2 Å². The summed E-state index contributed by atoms with van der Waals surface area (Å²) in [7, 11) is 0. The summed E-state index contributed by atoms with van der Waals surface area (Å²) in [6.45, 7) is 2.88. The third kappa shape index (κ3) is 3.56. The van der Waals surface area contributed by atoms with Crippen LogP contribution in [0.4, 0.5) is 5.69 Å². The number of hydrogen-bond acceptors (Lipinski definition) is 3. The molecule has 1 aromatic heterocycles. The molecule has 0 bridgehead atoms. The van der Waals surface area contributed by atoms with E-state index in [9.17, 15) is 9.59 Å². The molecule has 6 nitrogen and oxygen atoms in total. The van der Waals surface area contributed by atoms with Crippen LogP contribution in [0.3, 0.4) is 0 Å². The number of hydrogen-bond donors (Lipinski definition) is 1. The first-order valence-corrected chi connectivity index (χ1v) is 9.21. The van der Waals surface area contributed by atoms with Crippen molar-refractivity contribution in [3.63, 3.8) is 0 Å². The molecule has 2 amide bonds.